The predicted octanol–water partition coefficient (Wildman–Crippen LogP) is 4.75. The molecular weight excluding hydrogens is 404 g/mol. The van der Waals surface area contributed by atoms with Crippen molar-refractivity contribution in [2.45, 2.75) is 38.4 Å². The summed E-state index contributed by atoms with van der Waals surface area (Å²) in [5, 5.41) is 13.7. The van der Waals surface area contributed by atoms with Crippen molar-refractivity contribution in [3.63, 3.8) is 0 Å². The number of benzene rings is 2. The van der Waals surface area contributed by atoms with Crippen molar-refractivity contribution in [2.24, 2.45) is 5.92 Å². The maximum absolute atomic E-state index is 10.4. The Labute approximate surface area is 200 Å². The average Bonchev–Trinajstić information content (AvgIpc) is 2.87. The first-order chi connectivity index (χ1) is 17.9. The van der Waals surface area contributed by atoms with Gasteiger partial charge in [-0.05, 0) is 73.7 Å². The minimum atomic E-state index is -2.91. The molecule has 0 unspecified atom stereocenters. The molecule has 1 atom stereocenters. The van der Waals surface area contributed by atoms with Gasteiger partial charge in [0.15, 0.2) is 23.0 Å². The zero-order valence-corrected chi connectivity index (χ0v) is 19.2. The van der Waals surface area contributed by atoms with E-state index in [1.165, 1.54) is 20.3 Å². The highest BCUT2D eigenvalue weighted by atomic mass is 16.5. The maximum Gasteiger partial charge on any atom is 0.161 e. The topological polar surface area (TPSA) is 72.7 Å². The molecular formula is C26H36N2O4. The Hall–Kier alpha value is -2.91. The summed E-state index contributed by atoms with van der Waals surface area (Å²) in [5.41, 5.74) is -0.516. The highest BCUT2D eigenvalue weighted by molar-refractivity contribution is 5.47. The van der Waals surface area contributed by atoms with Crippen LogP contribution < -0.4 is 24.3 Å². The van der Waals surface area contributed by atoms with Gasteiger partial charge in [0.1, 0.15) is 0 Å². The number of hydrogen-bond acceptors (Lipinski definition) is 6. The fourth-order valence-corrected chi connectivity index (χ4v) is 3.64. The third-order valence-corrected chi connectivity index (χ3v) is 5.55. The molecule has 0 fully saturated rings. The minimum absolute atomic E-state index is 0.0176. The third-order valence-electron chi connectivity index (χ3n) is 5.55. The summed E-state index contributed by atoms with van der Waals surface area (Å²) in [7, 11) is 6.02. The van der Waals surface area contributed by atoms with E-state index in [1.807, 2.05) is 18.2 Å². The van der Waals surface area contributed by atoms with Crippen LogP contribution in [0.1, 0.15) is 45.9 Å². The van der Waals surface area contributed by atoms with Gasteiger partial charge in [0, 0.05) is 8.22 Å². The van der Waals surface area contributed by atoms with Crippen molar-refractivity contribution in [2.75, 3.05) is 41.5 Å². The number of methoxy groups -OCH3 is 4. The fraction of sp³-hybridized carbons (Fsp3) is 0.500. The number of hydrogen-bond donors (Lipinski definition) is 1. The zero-order valence-electron chi connectivity index (χ0n) is 25.2. The lowest BCUT2D eigenvalue weighted by Gasteiger charge is -2.32. The van der Waals surface area contributed by atoms with Crippen LogP contribution in [0, 0.1) is 17.2 Å². The van der Waals surface area contributed by atoms with Crippen LogP contribution in [0.5, 0.6) is 23.0 Å². The zero-order chi connectivity index (χ0) is 28.6. The van der Waals surface area contributed by atoms with Crippen LogP contribution in [-0.4, -0.2) is 41.5 Å². The molecule has 0 radical (unpaired) electrons. The standard InChI is InChI=1S/C26H36N2O4/c1-19(2)26(18-27,21-9-11-23(30-4)25(17-21)32-6)13-7-14-28-15-12-20-8-10-22(29-3)24(16-20)31-5/h8-11,16-17,19,28H,7,12-15H2,1-6H3/t26-/m0/s1/i1D3,2D3. The molecule has 174 valence electrons. The molecule has 6 heteroatoms. The first-order valence-electron chi connectivity index (χ1n) is 13.4. The minimum Gasteiger partial charge on any atom is -0.493 e. The van der Waals surface area contributed by atoms with Crippen LogP contribution in [-0.2, 0) is 11.8 Å². The Bertz CT molecular complexity index is 1090. The van der Waals surface area contributed by atoms with Gasteiger partial charge in [-0.1, -0.05) is 25.8 Å². The lowest BCUT2D eigenvalue weighted by molar-refractivity contribution is 0.341. The van der Waals surface area contributed by atoms with Gasteiger partial charge in [-0.3, -0.25) is 0 Å². The molecule has 0 aliphatic rings. The molecule has 0 heterocycles. The van der Waals surface area contributed by atoms with Crippen molar-refractivity contribution >= 4 is 0 Å². The molecule has 0 aliphatic heterocycles. The summed E-state index contributed by atoms with van der Waals surface area (Å²) in [5.74, 6) is 0.0495. The van der Waals surface area contributed by atoms with E-state index < -0.39 is 25.0 Å². The van der Waals surface area contributed by atoms with Crippen LogP contribution >= 0.6 is 0 Å². The normalized spacial score (nSPS) is 16.2. The molecule has 0 saturated heterocycles. The molecule has 0 saturated carbocycles. The number of nitriles is 1. The molecule has 2 aromatic rings. The number of nitrogens with one attached hydrogen (secondary N) is 1. The SMILES string of the molecule is [2H]C([2H])([2H])C(C([2H])([2H])[2H])[C@@](C#N)(CCCNCCc1ccc(OC)c(OC)c1)c1ccc(OC)c(OC)c1. The van der Waals surface area contributed by atoms with Gasteiger partial charge in [-0.2, -0.15) is 5.26 Å². The lowest BCUT2D eigenvalue weighted by Crippen LogP contribution is -2.32. The first-order valence-corrected chi connectivity index (χ1v) is 10.4. The number of rotatable bonds is 13. The monoisotopic (exact) mass is 446 g/mol. The second-order valence-electron chi connectivity index (χ2n) is 7.38. The molecule has 32 heavy (non-hydrogen) atoms. The van der Waals surface area contributed by atoms with Crippen LogP contribution in [0.4, 0.5) is 0 Å². The fourth-order valence-electron chi connectivity index (χ4n) is 3.64. The van der Waals surface area contributed by atoms with E-state index in [0.29, 0.717) is 43.2 Å². The lowest BCUT2D eigenvalue weighted by atomic mass is 9.70. The van der Waals surface area contributed by atoms with Gasteiger partial charge >= 0.3 is 0 Å². The molecule has 6 nitrogen and oxygen atoms in total. The van der Waals surface area contributed by atoms with E-state index in [-0.39, 0.29) is 17.7 Å². The van der Waals surface area contributed by atoms with Crippen molar-refractivity contribution < 1.29 is 27.2 Å². The Morgan fingerprint density at radius 2 is 1.53 bits per heavy atom. The predicted molar refractivity (Wildman–Crippen MR) is 127 cm³/mol. The molecule has 2 aromatic carbocycles. The van der Waals surface area contributed by atoms with Gasteiger partial charge in [-0.15, -0.1) is 0 Å². The molecule has 0 aromatic heterocycles. The summed E-state index contributed by atoms with van der Waals surface area (Å²) in [6.07, 6.45) is 1.09. The van der Waals surface area contributed by atoms with E-state index in [1.54, 1.807) is 26.4 Å². The van der Waals surface area contributed by atoms with Crippen LogP contribution in [0.15, 0.2) is 36.4 Å². The summed E-state index contributed by atoms with van der Waals surface area (Å²) >= 11 is 0. The second-order valence-corrected chi connectivity index (χ2v) is 7.38. The summed E-state index contributed by atoms with van der Waals surface area (Å²) in [6.45, 7) is -4.74. The molecule has 0 amide bonds. The van der Waals surface area contributed by atoms with E-state index in [4.69, 9.17) is 27.2 Å². The van der Waals surface area contributed by atoms with Gasteiger partial charge in [-0.25, -0.2) is 0 Å². The van der Waals surface area contributed by atoms with Crippen molar-refractivity contribution in [1.29, 1.82) is 5.26 Å². The molecule has 0 spiro atoms. The van der Waals surface area contributed by atoms with E-state index in [0.717, 1.165) is 5.56 Å². The van der Waals surface area contributed by atoms with Gasteiger partial charge in [0.05, 0.1) is 39.9 Å². The Balaban J connectivity index is 2.25. The summed E-state index contributed by atoms with van der Waals surface area (Å²) in [6, 6.07) is 12.4. The molecule has 0 bridgehead atoms. The maximum atomic E-state index is 10.4. The van der Waals surface area contributed by atoms with Gasteiger partial charge in [0.25, 0.3) is 0 Å². The van der Waals surface area contributed by atoms with Crippen LogP contribution in [0.3, 0.4) is 0 Å². The van der Waals surface area contributed by atoms with Crippen molar-refractivity contribution in [1.82, 2.24) is 5.32 Å². The number of ether oxygens (including phenoxy) is 4. The largest absolute Gasteiger partial charge is 0.493 e. The summed E-state index contributed by atoms with van der Waals surface area (Å²) in [4.78, 5) is 0. The van der Waals surface area contributed by atoms with E-state index in [2.05, 4.69) is 11.4 Å². The van der Waals surface area contributed by atoms with Crippen LogP contribution in [0.2, 0.25) is 0 Å². The highest BCUT2D eigenvalue weighted by Gasteiger charge is 2.36. The number of nitrogens with zero attached hydrogens (tertiary/aromatic N) is 1. The Morgan fingerprint density at radius 3 is 2.12 bits per heavy atom. The highest BCUT2D eigenvalue weighted by Crippen LogP contribution is 2.40. The quantitative estimate of drug-likeness (QED) is 0.448. The van der Waals surface area contributed by atoms with Gasteiger partial charge < -0.3 is 24.3 Å². The Morgan fingerprint density at radius 1 is 0.906 bits per heavy atom. The first kappa shape index (κ1) is 17.6. The van der Waals surface area contributed by atoms with E-state index in [9.17, 15) is 5.26 Å². The second kappa shape index (κ2) is 12.2. The third kappa shape index (κ3) is 5.86. The molecule has 1 N–H and O–H groups in total. The van der Waals surface area contributed by atoms with Crippen LogP contribution in [0.25, 0.3) is 0 Å². The molecule has 0 aliphatic carbocycles. The summed E-state index contributed by atoms with van der Waals surface area (Å²) < 4.78 is 69.6. The molecule has 2 rings (SSSR count). The smallest absolute Gasteiger partial charge is 0.161 e. The Kier molecular flexibility index (Phi) is 6.72. The van der Waals surface area contributed by atoms with Crippen molar-refractivity contribution in [3.8, 4) is 29.1 Å². The van der Waals surface area contributed by atoms with Crippen molar-refractivity contribution in [3.05, 3.63) is 47.5 Å². The van der Waals surface area contributed by atoms with E-state index >= 15 is 0 Å². The average molecular weight is 447 g/mol. The van der Waals surface area contributed by atoms with Gasteiger partial charge in [0.2, 0.25) is 0 Å².